The van der Waals surface area contributed by atoms with Crippen molar-refractivity contribution in [2.24, 2.45) is 0 Å². The van der Waals surface area contributed by atoms with Gasteiger partial charge in [0.05, 0.1) is 19.3 Å². The number of nitrogens with zero attached hydrogens (tertiary/aromatic N) is 1. The van der Waals surface area contributed by atoms with Gasteiger partial charge < -0.3 is 10.1 Å². The highest BCUT2D eigenvalue weighted by Gasteiger charge is 2.16. The van der Waals surface area contributed by atoms with Crippen LogP contribution < -0.4 is 10.1 Å². The van der Waals surface area contributed by atoms with Gasteiger partial charge in [-0.25, -0.2) is 4.39 Å². The van der Waals surface area contributed by atoms with Gasteiger partial charge in [-0.15, -0.1) is 0 Å². The summed E-state index contributed by atoms with van der Waals surface area (Å²) in [6.07, 6.45) is 2.84. The average Bonchev–Trinajstić information content (AvgIpc) is 2.46. The fraction of sp³-hybridized carbons (Fsp3) is 0.267. The molecule has 0 fully saturated rings. The average molecular weight is 260 g/mol. The van der Waals surface area contributed by atoms with Crippen molar-refractivity contribution < 1.29 is 9.13 Å². The summed E-state index contributed by atoms with van der Waals surface area (Å²) in [5.74, 6) is 0.485. The molecule has 3 nitrogen and oxygen atoms in total. The van der Waals surface area contributed by atoms with E-state index in [9.17, 15) is 4.39 Å². The van der Waals surface area contributed by atoms with Crippen LogP contribution in [0.4, 0.5) is 4.39 Å². The van der Waals surface area contributed by atoms with Gasteiger partial charge in [-0.1, -0.05) is 19.1 Å². The van der Waals surface area contributed by atoms with Crippen molar-refractivity contribution >= 4 is 0 Å². The molecule has 0 saturated heterocycles. The van der Waals surface area contributed by atoms with Crippen LogP contribution in [0.15, 0.2) is 42.7 Å². The maximum Gasteiger partial charge on any atom is 0.146 e. The lowest BCUT2D eigenvalue weighted by atomic mass is 9.99. The Labute approximate surface area is 112 Å². The van der Waals surface area contributed by atoms with E-state index >= 15 is 0 Å². The van der Waals surface area contributed by atoms with Crippen LogP contribution in [0, 0.1) is 5.82 Å². The zero-order valence-electron chi connectivity index (χ0n) is 11.1. The molecule has 0 radical (unpaired) electrons. The number of pyridine rings is 1. The Hall–Kier alpha value is -1.94. The van der Waals surface area contributed by atoms with Gasteiger partial charge in [0, 0.05) is 11.8 Å². The van der Waals surface area contributed by atoms with E-state index in [1.807, 2.05) is 31.2 Å². The van der Waals surface area contributed by atoms with Crippen LogP contribution in [0.5, 0.6) is 5.75 Å². The molecule has 1 aromatic heterocycles. The minimum atomic E-state index is -0.302. The van der Waals surface area contributed by atoms with E-state index in [4.69, 9.17) is 4.74 Å². The summed E-state index contributed by atoms with van der Waals surface area (Å²) < 4.78 is 19.0. The second-order valence-corrected chi connectivity index (χ2v) is 4.16. The molecule has 1 N–H and O–H groups in total. The van der Waals surface area contributed by atoms with Crippen molar-refractivity contribution in [3.8, 4) is 5.75 Å². The Morgan fingerprint density at radius 3 is 2.58 bits per heavy atom. The third-order valence-corrected chi connectivity index (χ3v) is 2.97. The van der Waals surface area contributed by atoms with Gasteiger partial charge in [-0.05, 0) is 30.3 Å². The van der Waals surface area contributed by atoms with Gasteiger partial charge in [0.15, 0.2) is 0 Å². The zero-order chi connectivity index (χ0) is 13.7. The third kappa shape index (κ3) is 3.09. The number of halogens is 1. The molecule has 0 saturated carbocycles. The highest BCUT2D eigenvalue weighted by atomic mass is 19.1. The van der Waals surface area contributed by atoms with Crippen LogP contribution in [0.3, 0.4) is 0 Å². The van der Waals surface area contributed by atoms with E-state index in [1.54, 1.807) is 19.4 Å². The number of aromatic nitrogens is 1. The summed E-state index contributed by atoms with van der Waals surface area (Å²) in [6.45, 7) is 2.74. The van der Waals surface area contributed by atoms with Gasteiger partial charge in [-0.3, -0.25) is 4.98 Å². The predicted octanol–water partition coefficient (Wildman–Crippen LogP) is 2.93. The molecule has 2 rings (SSSR count). The van der Waals surface area contributed by atoms with Crippen molar-refractivity contribution in [3.05, 3.63) is 59.7 Å². The molecule has 0 aliphatic carbocycles. The molecule has 2 aromatic rings. The Morgan fingerprint density at radius 1 is 1.26 bits per heavy atom. The fourth-order valence-corrected chi connectivity index (χ4v) is 2.03. The standard InChI is InChI=1S/C15H17FN2O/c1-3-18-15(13-8-9-17-10-14(13)16)11-4-6-12(19-2)7-5-11/h4-10,15,18H,3H2,1-2H3. The molecular weight excluding hydrogens is 243 g/mol. The number of ether oxygens (including phenoxy) is 1. The lowest BCUT2D eigenvalue weighted by Gasteiger charge is -2.19. The molecule has 0 amide bonds. The van der Waals surface area contributed by atoms with Crippen molar-refractivity contribution in [1.82, 2.24) is 10.3 Å². The summed E-state index contributed by atoms with van der Waals surface area (Å²) in [4.78, 5) is 3.79. The highest BCUT2D eigenvalue weighted by Crippen LogP contribution is 2.25. The molecule has 0 aliphatic heterocycles. The summed E-state index contributed by atoms with van der Waals surface area (Å²) in [7, 11) is 1.62. The maximum absolute atomic E-state index is 13.9. The Balaban J connectivity index is 2.36. The molecule has 19 heavy (non-hydrogen) atoms. The quantitative estimate of drug-likeness (QED) is 0.897. The number of hydrogen-bond donors (Lipinski definition) is 1. The molecule has 0 aliphatic rings. The summed E-state index contributed by atoms with van der Waals surface area (Å²) >= 11 is 0. The second kappa shape index (κ2) is 6.29. The zero-order valence-corrected chi connectivity index (χ0v) is 11.1. The minimum Gasteiger partial charge on any atom is -0.497 e. The first-order chi connectivity index (χ1) is 9.26. The van der Waals surface area contributed by atoms with E-state index in [1.165, 1.54) is 6.20 Å². The predicted molar refractivity (Wildman–Crippen MR) is 72.7 cm³/mol. The van der Waals surface area contributed by atoms with Crippen LogP contribution in [-0.4, -0.2) is 18.6 Å². The molecule has 1 atom stereocenters. The minimum absolute atomic E-state index is 0.182. The lowest BCUT2D eigenvalue weighted by molar-refractivity contribution is 0.414. The van der Waals surface area contributed by atoms with Crippen LogP contribution in [-0.2, 0) is 0 Å². The van der Waals surface area contributed by atoms with E-state index < -0.39 is 0 Å². The molecule has 100 valence electrons. The Morgan fingerprint density at radius 2 is 2.00 bits per heavy atom. The van der Waals surface area contributed by atoms with Crippen molar-refractivity contribution in [3.63, 3.8) is 0 Å². The van der Waals surface area contributed by atoms with Gasteiger partial charge >= 0.3 is 0 Å². The second-order valence-electron chi connectivity index (χ2n) is 4.16. The first kappa shape index (κ1) is 13.5. The van der Waals surface area contributed by atoms with Crippen LogP contribution in [0.2, 0.25) is 0 Å². The number of nitrogens with one attached hydrogen (secondary N) is 1. The van der Waals surface area contributed by atoms with Crippen molar-refractivity contribution in [1.29, 1.82) is 0 Å². The van der Waals surface area contributed by atoms with Crippen molar-refractivity contribution in [2.45, 2.75) is 13.0 Å². The van der Waals surface area contributed by atoms with Gasteiger partial charge in [0.1, 0.15) is 11.6 Å². The van der Waals surface area contributed by atoms with Crippen LogP contribution in [0.25, 0.3) is 0 Å². The van der Waals surface area contributed by atoms with E-state index in [-0.39, 0.29) is 11.9 Å². The van der Waals surface area contributed by atoms with Gasteiger partial charge in [0.2, 0.25) is 0 Å². The Kier molecular flexibility index (Phi) is 4.47. The van der Waals surface area contributed by atoms with Crippen LogP contribution in [0.1, 0.15) is 24.1 Å². The first-order valence-electron chi connectivity index (χ1n) is 6.23. The van der Waals surface area contributed by atoms with Crippen molar-refractivity contribution in [2.75, 3.05) is 13.7 Å². The summed E-state index contributed by atoms with van der Waals surface area (Å²) in [5, 5.41) is 3.28. The third-order valence-electron chi connectivity index (χ3n) is 2.97. The molecule has 1 unspecified atom stereocenters. The largest absolute Gasteiger partial charge is 0.497 e. The van der Waals surface area contributed by atoms with E-state index in [0.29, 0.717) is 5.56 Å². The molecule has 1 heterocycles. The molecule has 0 spiro atoms. The molecule has 0 bridgehead atoms. The number of rotatable bonds is 5. The highest BCUT2D eigenvalue weighted by molar-refractivity contribution is 5.35. The number of hydrogen-bond acceptors (Lipinski definition) is 3. The van der Waals surface area contributed by atoms with Gasteiger partial charge in [0.25, 0.3) is 0 Å². The normalized spacial score (nSPS) is 12.2. The molecule has 4 heteroatoms. The number of benzene rings is 1. The summed E-state index contributed by atoms with van der Waals surface area (Å²) in [6, 6.07) is 9.14. The van der Waals surface area contributed by atoms with E-state index in [2.05, 4.69) is 10.3 Å². The summed E-state index contributed by atoms with van der Waals surface area (Å²) in [5.41, 5.74) is 1.59. The topological polar surface area (TPSA) is 34.1 Å². The lowest BCUT2D eigenvalue weighted by Crippen LogP contribution is -2.23. The Bertz CT molecular complexity index is 528. The van der Waals surface area contributed by atoms with E-state index in [0.717, 1.165) is 17.9 Å². The smallest absolute Gasteiger partial charge is 0.146 e. The monoisotopic (exact) mass is 260 g/mol. The molecule has 1 aromatic carbocycles. The van der Waals surface area contributed by atoms with Crippen LogP contribution >= 0.6 is 0 Å². The first-order valence-corrected chi connectivity index (χ1v) is 6.23. The SMILES string of the molecule is CCNC(c1ccc(OC)cc1)c1ccncc1F. The molecular formula is C15H17FN2O. The van der Waals surface area contributed by atoms with Gasteiger partial charge in [-0.2, -0.15) is 0 Å². The number of methoxy groups -OCH3 is 1. The maximum atomic E-state index is 13.9. The fourth-order valence-electron chi connectivity index (χ4n) is 2.03.